The lowest BCUT2D eigenvalue weighted by atomic mass is 9.83. The molecule has 2 aromatic rings. The number of carbonyl (C=O) groups is 1. The van der Waals surface area contributed by atoms with Crippen molar-refractivity contribution in [2.24, 2.45) is 5.92 Å². The molecule has 0 radical (unpaired) electrons. The quantitative estimate of drug-likeness (QED) is 0.817. The van der Waals surface area contributed by atoms with Crippen LogP contribution in [0.2, 0.25) is 0 Å². The highest BCUT2D eigenvalue weighted by Crippen LogP contribution is 2.53. The molecule has 0 aliphatic heterocycles. The SMILES string of the molecule is COC(=O)[C@@H]1[C@@H](c2ccc(O)c(OC)c2)c2cc(O)c(OC)cc2[C@@H]1C. The summed E-state index contributed by atoms with van der Waals surface area (Å²) in [5.74, 6) is -0.530. The minimum Gasteiger partial charge on any atom is -0.504 e. The molecule has 1 aliphatic carbocycles. The molecule has 0 bridgehead atoms. The van der Waals surface area contributed by atoms with Gasteiger partial charge in [0.25, 0.3) is 0 Å². The molecule has 26 heavy (non-hydrogen) atoms. The molecule has 0 amide bonds. The first kappa shape index (κ1) is 17.9. The van der Waals surface area contributed by atoms with Crippen molar-refractivity contribution in [2.75, 3.05) is 21.3 Å². The molecule has 0 saturated carbocycles. The predicted molar refractivity (Wildman–Crippen MR) is 95.1 cm³/mol. The number of benzene rings is 2. The van der Waals surface area contributed by atoms with Crippen LogP contribution in [-0.2, 0) is 9.53 Å². The van der Waals surface area contributed by atoms with Crippen molar-refractivity contribution in [1.29, 1.82) is 0 Å². The van der Waals surface area contributed by atoms with Crippen molar-refractivity contribution in [2.45, 2.75) is 18.8 Å². The van der Waals surface area contributed by atoms with Crippen LogP contribution in [0, 0.1) is 5.92 Å². The normalized spacial score (nSPS) is 21.2. The second-order valence-corrected chi connectivity index (χ2v) is 6.40. The van der Waals surface area contributed by atoms with Crippen molar-refractivity contribution in [3.63, 3.8) is 0 Å². The Morgan fingerprint density at radius 1 is 0.923 bits per heavy atom. The second kappa shape index (κ2) is 6.78. The van der Waals surface area contributed by atoms with Crippen LogP contribution in [-0.4, -0.2) is 37.5 Å². The first-order valence-electron chi connectivity index (χ1n) is 8.28. The van der Waals surface area contributed by atoms with Crippen molar-refractivity contribution < 1.29 is 29.2 Å². The largest absolute Gasteiger partial charge is 0.504 e. The van der Waals surface area contributed by atoms with Crippen LogP contribution in [0.15, 0.2) is 30.3 Å². The highest BCUT2D eigenvalue weighted by atomic mass is 16.5. The molecule has 138 valence electrons. The van der Waals surface area contributed by atoms with Crippen molar-refractivity contribution in [3.05, 3.63) is 47.0 Å². The molecule has 0 unspecified atom stereocenters. The summed E-state index contributed by atoms with van der Waals surface area (Å²) in [5, 5.41) is 20.1. The molecule has 6 nitrogen and oxygen atoms in total. The van der Waals surface area contributed by atoms with E-state index in [0.29, 0.717) is 11.5 Å². The number of carbonyl (C=O) groups excluding carboxylic acids is 1. The molecule has 0 aromatic heterocycles. The average molecular weight is 358 g/mol. The molecule has 0 fully saturated rings. The van der Waals surface area contributed by atoms with Gasteiger partial charge in [0.1, 0.15) is 0 Å². The Morgan fingerprint density at radius 3 is 2.19 bits per heavy atom. The number of hydrogen-bond donors (Lipinski definition) is 2. The second-order valence-electron chi connectivity index (χ2n) is 6.40. The summed E-state index contributed by atoms with van der Waals surface area (Å²) in [6, 6.07) is 8.40. The number of phenolic OH excluding ortho intramolecular Hbond substituents is 2. The van der Waals surface area contributed by atoms with Gasteiger partial charge in [-0.05, 0) is 46.9 Å². The number of esters is 1. The summed E-state index contributed by atoms with van der Waals surface area (Å²) < 4.78 is 15.5. The van der Waals surface area contributed by atoms with Gasteiger partial charge in [0.2, 0.25) is 0 Å². The zero-order valence-corrected chi connectivity index (χ0v) is 15.1. The third kappa shape index (κ3) is 2.71. The monoisotopic (exact) mass is 358 g/mol. The fourth-order valence-corrected chi connectivity index (χ4v) is 3.85. The standard InChI is InChI=1S/C20H22O6/c1-10-12-9-17(25-3)15(22)8-13(12)19(18(10)20(23)26-4)11-5-6-14(21)16(7-11)24-2/h5-10,18-19,21-22H,1-4H3/t10-,18-,19-/m0/s1. The van der Waals surface area contributed by atoms with E-state index in [0.717, 1.165) is 16.7 Å². The molecule has 3 atom stereocenters. The highest BCUT2D eigenvalue weighted by Gasteiger charge is 2.45. The van der Waals surface area contributed by atoms with Gasteiger partial charge in [0.05, 0.1) is 27.2 Å². The maximum absolute atomic E-state index is 12.5. The van der Waals surface area contributed by atoms with Gasteiger partial charge < -0.3 is 24.4 Å². The number of aromatic hydroxyl groups is 2. The number of methoxy groups -OCH3 is 3. The van der Waals surface area contributed by atoms with E-state index in [1.54, 1.807) is 24.3 Å². The summed E-state index contributed by atoms with van der Waals surface area (Å²) in [5.41, 5.74) is 2.55. The topological polar surface area (TPSA) is 85.2 Å². The van der Waals surface area contributed by atoms with Gasteiger partial charge in [0, 0.05) is 5.92 Å². The van der Waals surface area contributed by atoms with E-state index < -0.39 is 5.92 Å². The van der Waals surface area contributed by atoms with Crippen LogP contribution in [0.5, 0.6) is 23.0 Å². The van der Waals surface area contributed by atoms with E-state index >= 15 is 0 Å². The molecule has 1 aliphatic rings. The molecule has 3 rings (SSSR count). The van der Waals surface area contributed by atoms with Gasteiger partial charge in [-0.3, -0.25) is 4.79 Å². The van der Waals surface area contributed by atoms with E-state index in [9.17, 15) is 15.0 Å². The smallest absolute Gasteiger partial charge is 0.310 e. The first-order chi connectivity index (χ1) is 12.4. The summed E-state index contributed by atoms with van der Waals surface area (Å²) >= 11 is 0. The zero-order chi connectivity index (χ0) is 19.0. The number of phenols is 2. The Bertz CT molecular complexity index is 844. The van der Waals surface area contributed by atoms with Crippen LogP contribution in [0.3, 0.4) is 0 Å². The predicted octanol–water partition coefficient (Wildman–Crippen LogP) is 3.15. The molecule has 0 spiro atoms. The molecule has 6 heteroatoms. The minimum atomic E-state index is -0.462. The fourth-order valence-electron chi connectivity index (χ4n) is 3.85. The van der Waals surface area contributed by atoms with E-state index in [4.69, 9.17) is 14.2 Å². The van der Waals surface area contributed by atoms with E-state index in [-0.39, 0.29) is 29.3 Å². The van der Waals surface area contributed by atoms with Crippen molar-refractivity contribution in [3.8, 4) is 23.0 Å². The van der Waals surface area contributed by atoms with Gasteiger partial charge in [-0.25, -0.2) is 0 Å². The summed E-state index contributed by atoms with van der Waals surface area (Å²) in [4.78, 5) is 12.5. The minimum absolute atomic E-state index is 0.0136. The third-order valence-electron chi connectivity index (χ3n) is 5.14. The molecule has 0 saturated heterocycles. The van der Waals surface area contributed by atoms with E-state index in [2.05, 4.69) is 0 Å². The van der Waals surface area contributed by atoms with Gasteiger partial charge in [-0.15, -0.1) is 0 Å². The maximum Gasteiger partial charge on any atom is 0.310 e. The number of hydrogen-bond acceptors (Lipinski definition) is 6. The molecule has 2 aromatic carbocycles. The van der Waals surface area contributed by atoms with Gasteiger partial charge in [-0.2, -0.15) is 0 Å². The van der Waals surface area contributed by atoms with Gasteiger partial charge in [0.15, 0.2) is 23.0 Å². The zero-order valence-electron chi connectivity index (χ0n) is 15.1. The Morgan fingerprint density at radius 2 is 1.58 bits per heavy atom. The van der Waals surface area contributed by atoms with Crippen molar-refractivity contribution >= 4 is 5.97 Å². The number of fused-ring (bicyclic) bond motifs is 1. The summed E-state index contributed by atoms with van der Waals surface area (Å²) in [7, 11) is 4.32. The average Bonchev–Trinajstić information content (AvgIpc) is 2.92. The Balaban J connectivity index is 2.21. The van der Waals surface area contributed by atoms with Crippen LogP contribution < -0.4 is 9.47 Å². The van der Waals surface area contributed by atoms with Gasteiger partial charge >= 0.3 is 5.97 Å². The lowest BCUT2D eigenvalue weighted by Gasteiger charge is -2.22. The highest BCUT2D eigenvalue weighted by molar-refractivity contribution is 5.78. The summed E-state index contributed by atoms with van der Waals surface area (Å²) in [6.07, 6.45) is 0. The lowest BCUT2D eigenvalue weighted by molar-refractivity contribution is -0.146. The van der Waals surface area contributed by atoms with E-state index in [1.807, 2.05) is 6.92 Å². The third-order valence-corrected chi connectivity index (χ3v) is 5.14. The molecule has 0 heterocycles. The Labute approximate surface area is 151 Å². The van der Waals surface area contributed by atoms with Crippen LogP contribution in [0.4, 0.5) is 0 Å². The Hall–Kier alpha value is -2.89. The van der Waals surface area contributed by atoms with Crippen LogP contribution >= 0.6 is 0 Å². The molecule has 2 N–H and O–H groups in total. The first-order valence-corrected chi connectivity index (χ1v) is 8.28. The van der Waals surface area contributed by atoms with E-state index in [1.165, 1.54) is 27.4 Å². The van der Waals surface area contributed by atoms with Crippen LogP contribution in [0.1, 0.15) is 35.4 Å². The lowest BCUT2D eigenvalue weighted by Crippen LogP contribution is -2.23. The van der Waals surface area contributed by atoms with Gasteiger partial charge in [-0.1, -0.05) is 13.0 Å². The molecular formula is C20H22O6. The Kier molecular flexibility index (Phi) is 4.68. The molecular weight excluding hydrogens is 336 g/mol. The number of rotatable bonds is 4. The van der Waals surface area contributed by atoms with Crippen molar-refractivity contribution in [1.82, 2.24) is 0 Å². The number of ether oxygens (including phenoxy) is 3. The van der Waals surface area contributed by atoms with Crippen LogP contribution in [0.25, 0.3) is 0 Å². The summed E-state index contributed by atoms with van der Waals surface area (Å²) in [6.45, 7) is 1.95. The maximum atomic E-state index is 12.5. The fraction of sp³-hybridized carbons (Fsp3) is 0.350.